The van der Waals surface area contributed by atoms with Crippen LogP contribution in [0.5, 0.6) is 0 Å². The summed E-state index contributed by atoms with van der Waals surface area (Å²) in [7, 11) is 6.11. The van der Waals surface area contributed by atoms with Crippen molar-refractivity contribution in [2.75, 3.05) is 60.6 Å². The second-order valence-corrected chi connectivity index (χ2v) is 11.4. The Kier molecular flexibility index (Phi) is 27.9. The van der Waals surface area contributed by atoms with E-state index in [-0.39, 0.29) is 11.9 Å². The van der Waals surface area contributed by atoms with E-state index in [0.29, 0.717) is 6.61 Å². The SMILES string of the molecule is CCCCCCCC(CCCCCC)C(=O)OCCCCCCN(CCCCCCOC)CCN(C)C. The van der Waals surface area contributed by atoms with Crippen LogP contribution in [0.3, 0.4) is 0 Å². The van der Waals surface area contributed by atoms with Crippen LogP contribution in [-0.2, 0) is 14.3 Å². The molecule has 0 radical (unpaired) electrons. The summed E-state index contributed by atoms with van der Waals surface area (Å²) in [5, 5.41) is 0. The van der Waals surface area contributed by atoms with E-state index < -0.39 is 0 Å². The number of ether oxygens (including phenoxy) is 2. The van der Waals surface area contributed by atoms with Crippen molar-refractivity contribution in [3.05, 3.63) is 0 Å². The van der Waals surface area contributed by atoms with Crippen molar-refractivity contribution in [1.82, 2.24) is 9.80 Å². The summed E-state index contributed by atoms with van der Waals surface area (Å²) in [5.74, 6) is 0.200. The lowest BCUT2D eigenvalue weighted by Crippen LogP contribution is -2.33. The molecule has 0 saturated carbocycles. The number of nitrogens with zero attached hydrogens (tertiary/aromatic N) is 2. The number of unbranched alkanes of at least 4 members (excludes halogenated alkanes) is 13. The predicted molar refractivity (Wildman–Crippen MR) is 160 cm³/mol. The van der Waals surface area contributed by atoms with Crippen LogP contribution in [0.2, 0.25) is 0 Å². The Morgan fingerprint density at radius 3 is 1.62 bits per heavy atom. The van der Waals surface area contributed by atoms with Crippen LogP contribution in [-0.4, -0.2) is 76.4 Å². The summed E-state index contributed by atoms with van der Waals surface area (Å²) < 4.78 is 10.9. The fraction of sp³-hybridized carbons (Fsp3) is 0.969. The second kappa shape index (κ2) is 28.4. The highest BCUT2D eigenvalue weighted by atomic mass is 16.5. The number of hydrogen-bond acceptors (Lipinski definition) is 5. The van der Waals surface area contributed by atoms with Gasteiger partial charge in [-0.3, -0.25) is 4.79 Å². The molecule has 37 heavy (non-hydrogen) atoms. The zero-order chi connectivity index (χ0) is 27.4. The van der Waals surface area contributed by atoms with Gasteiger partial charge < -0.3 is 19.3 Å². The van der Waals surface area contributed by atoms with Gasteiger partial charge in [-0.15, -0.1) is 0 Å². The Balaban J connectivity index is 4.13. The minimum absolute atomic E-state index is 0.0762. The molecule has 5 heteroatoms. The molecule has 0 rings (SSSR count). The van der Waals surface area contributed by atoms with Crippen molar-refractivity contribution < 1.29 is 14.3 Å². The molecule has 222 valence electrons. The Labute approximate surface area is 232 Å². The summed E-state index contributed by atoms with van der Waals surface area (Å²) in [6.45, 7) is 10.7. The van der Waals surface area contributed by atoms with Gasteiger partial charge in [-0.2, -0.15) is 0 Å². The third kappa shape index (κ3) is 25.4. The van der Waals surface area contributed by atoms with Crippen molar-refractivity contribution in [2.45, 2.75) is 136 Å². The van der Waals surface area contributed by atoms with Crippen LogP contribution in [0.15, 0.2) is 0 Å². The molecule has 0 N–H and O–H groups in total. The molecule has 1 atom stereocenters. The molecule has 0 aliphatic carbocycles. The van der Waals surface area contributed by atoms with Gasteiger partial charge in [-0.25, -0.2) is 0 Å². The molecule has 0 fully saturated rings. The van der Waals surface area contributed by atoms with Crippen molar-refractivity contribution in [3.63, 3.8) is 0 Å². The Hall–Kier alpha value is -0.650. The van der Waals surface area contributed by atoms with Gasteiger partial charge in [0.2, 0.25) is 0 Å². The lowest BCUT2D eigenvalue weighted by molar-refractivity contribution is -0.149. The highest BCUT2D eigenvalue weighted by molar-refractivity contribution is 5.72. The number of likely N-dealkylation sites (N-methyl/N-ethyl adjacent to an activating group) is 1. The quantitative estimate of drug-likeness (QED) is 0.0727. The first-order chi connectivity index (χ1) is 18.0. The number of hydrogen-bond donors (Lipinski definition) is 0. The topological polar surface area (TPSA) is 42.0 Å². The van der Waals surface area contributed by atoms with E-state index in [2.05, 4.69) is 37.7 Å². The molecule has 0 heterocycles. The van der Waals surface area contributed by atoms with Crippen molar-refractivity contribution in [2.24, 2.45) is 5.92 Å². The molecule has 5 nitrogen and oxygen atoms in total. The first-order valence-corrected chi connectivity index (χ1v) is 16.1. The van der Waals surface area contributed by atoms with Gasteiger partial charge in [0.05, 0.1) is 12.5 Å². The highest BCUT2D eigenvalue weighted by Gasteiger charge is 2.19. The Morgan fingerprint density at radius 2 is 1.08 bits per heavy atom. The number of methoxy groups -OCH3 is 1. The number of rotatable bonds is 29. The van der Waals surface area contributed by atoms with Crippen molar-refractivity contribution >= 4 is 5.97 Å². The van der Waals surface area contributed by atoms with Crippen LogP contribution in [0.25, 0.3) is 0 Å². The molecule has 0 bridgehead atoms. The number of esters is 1. The monoisotopic (exact) mass is 527 g/mol. The van der Waals surface area contributed by atoms with Gasteiger partial charge in [-0.05, 0) is 65.7 Å². The maximum Gasteiger partial charge on any atom is 0.308 e. The van der Waals surface area contributed by atoms with Crippen molar-refractivity contribution in [3.8, 4) is 0 Å². The molecule has 0 aliphatic heterocycles. The number of carbonyl (C=O) groups excluding carboxylic acids is 1. The lowest BCUT2D eigenvalue weighted by Gasteiger charge is -2.24. The van der Waals surface area contributed by atoms with Crippen LogP contribution in [0.1, 0.15) is 136 Å². The summed E-state index contributed by atoms with van der Waals surface area (Å²) in [4.78, 5) is 17.7. The Morgan fingerprint density at radius 1 is 0.595 bits per heavy atom. The molecular formula is C32H66N2O3. The minimum atomic E-state index is 0.0762. The van der Waals surface area contributed by atoms with Crippen LogP contribution in [0, 0.1) is 5.92 Å². The first-order valence-electron chi connectivity index (χ1n) is 16.1. The fourth-order valence-electron chi connectivity index (χ4n) is 4.89. The van der Waals surface area contributed by atoms with E-state index >= 15 is 0 Å². The van der Waals surface area contributed by atoms with E-state index in [9.17, 15) is 4.79 Å². The third-order valence-electron chi connectivity index (χ3n) is 7.44. The van der Waals surface area contributed by atoms with Crippen LogP contribution < -0.4 is 0 Å². The smallest absolute Gasteiger partial charge is 0.308 e. The average Bonchev–Trinajstić information content (AvgIpc) is 2.88. The van der Waals surface area contributed by atoms with E-state index in [1.807, 2.05) is 0 Å². The highest BCUT2D eigenvalue weighted by Crippen LogP contribution is 2.20. The maximum absolute atomic E-state index is 12.8. The maximum atomic E-state index is 12.8. The first kappa shape index (κ1) is 36.4. The molecule has 1 unspecified atom stereocenters. The number of carbonyl (C=O) groups is 1. The zero-order valence-corrected chi connectivity index (χ0v) is 25.9. The van der Waals surface area contributed by atoms with E-state index in [0.717, 1.165) is 45.4 Å². The Bertz CT molecular complexity index is 473. The molecule has 0 aromatic heterocycles. The fourth-order valence-corrected chi connectivity index (χ4v) is 4.89. The minimum Gasteiger partial charge on any atom is -0.465 e. The molecule has 0 aromatic rings. The summed E-state index contributed by atoms with van der Waals surface area (Å²) >= 11 is 0. The molecule has 0 saturated heterocycles. The third-order valence-corrected chi connectivity index (χ3v) is 7.44. The normalized spacial score (nSPS) is 12.5. The van der Waals surface area contributed by atoms with E-state index in [1.54, 1.807) is 7.11 Å². The van der Waals surface area contributed by atoms with Gasteiger partial charge in [0.1, 0.15) is 0 Å². The molecule has 0 aliphatic rings. The lowest BCUT2D eigenvalue weighted by atomic mass is 9.94. The molecule has 0 aromatic carbocycles. The summed E-state index contributed by atoms with van der Waals surface area (Å²) in [5.41, 5.74) is 0. The van der Waals surface area contributed by atoms with Gasteiger partial charge in [0, 0.05) is 26.8 Å². The predicted octanol–water partition coefficient (Wildman–Crippen LogP) is 8.11. The standard InChI is InChI=1S/C32H66N2O3/c1-6-8-10-12-18-24-31(23-17-11-9-7-2)32(35)37-30-22-16-14-20-26-34(28-27-33(3)4)25-19-13-15-21-29-36-5/h31H,6-30H2,1-5H3. The second-order valence-electron chi connectivity index (χ2n) is 11.4. The van der Waals surface area contributed by atoms with Gasteiger partial charge >= 0.3 is 5.97 Å². The van der Waals surface area contributed by atoms with Gasteiger partial charge in [-0.1, -0.05) is 97.3 Å². The summed E-state index contributed by atoms with van der Waals surface area (Å²) in [6.07, 6.45) is 22.9. The zero-order valence-electron chi connectivity index (χ0n) is 25.9. The summed E-state index contributed by atoms with van der Waals surface area (Å²) in [6, 6.07) is 0. The largest absolute Gasteiger partial charge is 0.465 e. The van der Waals surface area contributed by atoms with Gasteiger partial charge in [0.25, 0.3) is 0 Å². The van der Waals surface area contributed by atoms with E-state index in [4.69, 9.17) is 9.47 Å². The van der Waals surface area contributed by atoms with Crippen LogP contribution in [0.4, 0.5) is 0 Å². The van der Waals surface area contributed by atoms with Crippen LogP contribution >= 0.6 is 0 Å². The average molecular weight is 527 g/mol. The molecular weight excluding hydrogens is 460 g/mol. The van der Waals surface area contributed by atoms with Crippen molar-refractivity contribution in [1.29, 1.82) is 0 Å². The molecule has 0 amide bonds. The van der Waals surface area contributed by atoms with E-state index in [1.165, 1.54) is 109 Å². The molecule has 0 spiro atoms. The van der Waals surface area contributed by atoms with Gasteiger partial charge in [0.15, 0.2) is 0 Å².